The summed E-state index contributed by atoms with van der Waals surface area (Å²) in [7, 11) is 1.54. The van der Waals surface area contributed by atoms with Gasteiger partial charge in [0.1, 0.15) is 5.75 Å². The number of anilines is 1. The average Bonchev–Trinajstić information content (AvgIpc) is 2.48. The summed E-state index contributed by atoms with van der Waals surface area (Å²) in [5.74, 6) is -0.0872. The molecule has 0 aliphatic carbocycles. The van der Waals surface area contributed by atoms with Crippen LogP contribution in [0.4, 0.5) is 14.5 Å². The predicted octanol–water partition coefficient (Wildman–Crippen LogP) is 2.61. The van der Waals surface area contributed by atoms with Crippen LogP contribution in [0.1, 0.15) is 12.8 Å². The number of hydrogen-bond donors (Lipinski definition) is 1. The minimum absolute atomic E-state index is 0.157. The lowest BCUT2D eigenvalue weighted by molar-refractivity contribution is -0.117. The van der Waals surface area contributed by atoms with Gasteiger partial charge >= 0.3 is 0 Å². The highest BCUT2D eigenvalue weighted by Crippen LogP contribution is 2.24. The minimum Gasteiger partial charge on any atom is -0.495 e. The molecule has 0 radical (unpaired) electrons. The number of alkyl halides is 2. The van der Waals surface area contributed by atoms with Crippen LogP contribution in [0.25, 0.3) is 0 Å². The van der Waals surface area contributed by atoms with Gasteiger partial charge < -0.3 is 10.1 Å². The molecule has 0 saturated carbocycles. The summed E-state index contributed by atoms with van der Waals surface area (Å²) in [5, 5.41) is 2.79. The van der Waals surface area contributed by atoms with Gasteiger partial charge in [-0.05, 0) is 38.1 Å². The third-order valence-electron chi connectivity index (χ3n) is 3.74. The Balaban J connectivity index is 1.83. The van der Waals surface area contributed by atoms with Crippen molar-refractivity contribution < 1.29 is 18.3 Å². The number of nitrogens with zero attached hydrogens (tertiary/aromatic N) is 1. The summed E-state index contributed by atoms with van der Waals surface area (Å²) in [6, 6.07) is 7.17. The van der Waals surface area contributed by atoms with Crippen LogP contribution in [0.2, 0.25) is 0 Å². The van der Waals surface area contributed by atoms with Gasteiger partial charge in [0.25, 0.3) is 0 Å². The molecule has 1 amide bonds. The van der Waals surface area contributed by atoms with E-state index in [0.29, 0.717) is 37.4 Å². The van der Waals surface area contributed by atoms with E-state index in [1.807, 2.05) is 17.0 Å². The van der Waals surface area contributed by atoms with E-state index in [0.717, 1.165) is 0 Å². The largest absolute Gasteiger partial charge is 0.495 e. The Kier molecular flexibility index (Phi) is 5.50. The van der Waals surface area contributed by atoms with E-state index in [2.05, 4.69) is 5.32 Å². The van der Waals surface area contributed by atoms with Crippen LogP contribution in [-0.4, -0.2) is 44.0 Å². The van der Waals surface area contributed by atoms with Crippen LogP contribution in [0, 0.1) is 5.92 Å². The molecule has 1 aliphatic heterocycles. The van der Waals surface area contributed by atoms with E-state index in [1.54, 1.807) is 19.2 Å². The van der Waals surface area contributed by atoms with Gasteiger partial charge in [0.05, 0.1) is 19.3 Å². The molecule has 1 fully saturated rings. The summed E-state index contributed by atoms with van der Waals surface area (Å²) in [4.78, 5) is 13.9. The Hall–Kier alpha value is -1.69. The normalized spacial score (nSPS) is 17.0. The number of hydrogen-bond acceptors (Lipinski definition) is 3. The second kappa shape index (κ2) is 7.36. The van der Waals surface area contributed by atoms with E-state index in [9.17, 15) is 13.6 Å². The molecule has 0 aromatic heterocycles. The highest BCUT2D eigenvalue weighted by Gasteiger charge is 2.26. The molecule has 1 N–H and O–H groups in total. The molecule has 1 aromatic carbocycles. The van der Waals surface area contributed by atoms with Crippen molar-refractivity contribution in [3.63, 3.8) is 0 Å². The van der Waals surface area contributed by atoms with E-state index in [4.69, 9.17) is 4.74 Å². The lowest BCUT2D eigenvalue weighted by Gasteiger charge is -2.30. The van der Waals surface area contributed by atoms with Crippen LogP contribution in [0.3, 0.4) is 0 Å². The van der Waals surface area contributed by atoms with Gasteiger partial charge in [-0.25, -0.2) is 8.78 Å². The molecule has 0 spiro atoms. The summed E-state index contributed by atoms with van der Waals surface area (Å²) in [6.07, 6.45) is -1.37. The number of ether oxygens (including phenoxy) is 1. The molecule has 2 rings (SSSR count). The van der Waals surface area contributed by atoms with Crippen molar-refractivity contribution in [1.29, 1.82) is 0 Å². The highest BCUT2D eigenvalue weighted by molar-refractivity contribution is 5.93. The van der Waals surface area contributed by atoms with Gasteiger partial charge in [-0.2, -0.15) is 0 Å². The first-order chi connectivity index (χ1) is 10.1. The maximum absolute atomic E-state index is 12.6. The maximum atomic E-state index is 12.6. The van der Waals surface area contributed by atoms with Crippen molar-refractivity contribution in [2.75, 3.05) is 32.1 Å². The molecule has 116 valence electrons. The van der Waals surface area contributed by atoms with Gasteiger partial charge in [-0.15, -0.1) is 0 Å². The van der Waals surface area contributed by atoms with Gasteiger partial charge in [-0.3, -0.25) is 9.69 Å². The molecule has 6 heteroatoms. The van der Waals surface area contributed by atoms with Crippen LogP contribution in [0.15, 0.2) is 24.3 Å². The second-order valence-corrected chi connectivity index (χ2v) is 5.20. The van der Waals surface area contributed by atoms with Gasteiger partial charge in [0.15, 0.2) is 0 Å². The Morgan fingerprint density at radius 3 is 2.67 bits per heavy atom. The van der Waals surface area contributed by atoms with Crippen molar-refractivity contribution in [3.8, 4) is 5.75 Å². The Labute approximate surface area is 123 Å². The number of para-hydroxylation sites is 2. The van der Waals surface area contributed by atoms with Crippen molar-refractivity contribution in [1.82, 2.24) is 4.90 Å². The zero-order valence-electron chi connectivity index (χ0n) is 12.0. The van der Waals surface area contributed by atoms with Gasteiger partial charge in [0, 0.05) is 5.92 Å². The van der Waals surface area contributed by atoms with Crippen molar-refractivity contribution in [2.24, 2.45) is 5.92 Å². The number of rotatable bonds is 5. The Bertz CT molecular complexity index is 474. The number of likely N-dealkylation sites (tertiary alicyclic amines) is 1. The molecule has 0 bridgehead atoms. The summed E-state index contributed by atoms with van der Waals surface area (Å²) >= 11 is 0. The number of nitrogens with one attached hydrogen (secondary N) is 1. The first-order valence-electron chi connectivity index (χ1n) is 7.03. The SMILES string of the molecule is COc1ccccc1NC(=O)CN1CCC(C(F)F)CC1. The molecular formula is C15H20F2N2O2. The van der Waals surface area contributed by atoms with E-state index in [1.165, 1.54) is 0 Å². The molecule has 21 heavy (non-hydrogen) atoms. The average molecular weight is 298 g/mol. The van der Waals surface area contributed by atoms with Crippen LogP contribution >= 0.6 is 0 Å². The first-order valence-corrected chi connectivity index (χ1v) is 7.03. The number of halogens is 2. The molecule has 1 aliphatic rings. The van der Waals surface area contributed by atoms with Crippen LogP contribution < -0.4 is 10.1 Å². The molecule has 1 aromatic rings. The molecule has 1 heterocycles. The summed E-state index contributed by atoms with van der Waals surface area (Å²) in [5.41, 5.74) is 0.618. The lowest BCUT2D eigenvalue weighted by atomic mass is 9.97. The number of methoxy groups -OCH3 is 1. The standard InChI is InChI=1S/C15H20F2N2O2/c1-21-13-5-3-2-4-12(13)18-14(20)10-19-8-6-11(7-9-19)15(16)17/h2-5,11,15H,6-10H2,1H3,(H,18,20). The number of benzene rings is 1. The third kappa shape index (κ3) is 4.39. The topological polar surface area (TPSA) is 41.6 Å². The van der Waals surface area contributed by atoms with Gasteiger partial charge in [0.2, 0.25) is 12.3 Å². The number of carbonyl (C=O) groups is 1. The molecule has 1 saturated heterocycles. The highest BCUT2D eigenvalue weighted by atomic mass is 19.3. The van der Waals surface area contributed by atoms with E-state index >= 15 is 0 Å². The number of carbonyl (C=O) groups excluding carboxylic acids is 1. The lowest BCUT2D eigenvalue weighted by Crippen LogP contribution is -2.40. The van der Waals surface area contributed by atoms with Crippen molar-refractivity contribution in [2.45, 2.75) is 19.3 Å². The van der Waals surface area contributed by atoms with Gasteiger partial charge in [-0.1, -0.05) is 12.1 Å². The zero-order valence-corrected chi connectivity index (χ0v) is 12.0. The maximum Gasteiger partial charge on any atom is 0.241 e. The van der Waals surface area contributed by atoms with E-state index in [-0.39, 0.29) is 12.5 Å². The molecular weight excluding hydrogens is 278 g/mol. The number of amides is 1. The molecule has 0 unspecified atom stereocenters. The van der Waals surface area contributed by atoms with Crippen LogP contribution in [-0.2, 0) is 4.79 Å². The smallest absolute Gasteiger partial charge is 0.241 e. The van der Waals surface area contributed by atoms with Crippen molar-refractivity contribution >= 4 is 11.6 Å². The fourth-order valence-corrected chi connectivity index (χ4v) is 2.50. The van der Waals surface area contributed by atoms with Crippen molar-refractivity contribution in [3.05, 3.63) is 24.3 Å². The second-order valence-electron chi connectivity index (χ2n) is 5.20. The fourth-order valence-electron chi connectivity index (χ4n) is 2.50. The predicted molar refractivity (Wildman–Crippen MR) is 76.8 cm³/mol. The fraction of sp³-hybridized carbons (Fsp3) is 0.533. The van der Waals surface area contributed by atoms with E-state index < -0.39 is 12.3 Å². The Morgan fingerprint density at radius 2 is 2.05 bits per heavy atom. The first kappa shape index (κ1) is 15.7. The molecule has 4 nitrogen and oxygen atoms in total. The Morgan fingerprint density at radius 1 is 1.38 bits per heavy atom. The van der Waals surface area contributed by atoms with Crippen LogP contribution in [0.5, 0.6) is 5.75 Å². The zero-order chi connectivity index (χ0) is 15.2. The number of piperidine rings is 1. The third-order valence-corrected chi connectivity index (χ3v) is 3.74. The summed E-state index contributed by atoms with van der Waals surface area (Å²) < 4.78 is 30.3. The quantitative estimate of drug-likeness (QED) is 0.908. The summed E-state index contributed by atoms with van der Waals surface area (Å²) in [6.45, 7) is 1.29. The minimum atomic E-state index is -2.26. The molecule has 0 atom stereocenters. The monoisotopic (exact) mass is 298 g/mol.